The van der Waals surface area contributed by atoms with Gasteiger partial charge in [0.2, 0.25) is 0 Å². The van der Waals surface area contributed by atoms with E-state index in [1.807, 2.05) is 13.0 Å². The Balaban J connectivity index is 2.42. The highest BCUT2D eigenvalue weighted by atomic mass is 79.9. The summed E-state index contributed by atoms with van der Waals surface area (Å²) in [6.07, 6.45) is 0. The Hall–Kier alpha value is -1.65. The zero-order valence-electron chi connectivity index (χ0n) is 11.4. The van der Waals surface area contributed by atoms with Crippen molar-refractivity contribution in [2.45, 2.75) is 6.92 Å². The fourth-order valence-electron chi connectivity index (χ4n) is 1.89. The van der Waals surface area contributed by atoms with E-state index >= 15 is 0 Å². The number of halogens is 2. The number of methoxy groups -OCH3 is 1. The molecular weight excluding hydrogens is 356 g/mol. The number of carbonyl (C=O) groups excluding carboxylic acids is 2. The van der Waals surface area contributed by atoms with Gasteiger partial charge in [0.05, 0.1) is 17.7 Å². The molecule has 0 fully saturated rings. The number of rotatable bonds is 3. The number of benzene rings is 2. The van der Waals surface area contributed by atoms with Gasteiger partial charge in [-0.1, -0.05) is 33.6 Å². The van der Waals surface area contributed by atoms with Crippen molar-refractivity contribution in [1.82, 2.24) is 0 Å². The van der Waals surface area contributed by atoms with E-state index in [2.05, 4.69) is 20.7 Å². The number of ether oxygens (including phenoxy) is 1. The number of ketones is 1. The van der Waals surface area contributed by atoms with Crippen molar-refractivity contribution in [3.05, 3.63) is 68.1 Å². The quantitative estimate of drug-likeness (QED) is 0.595. The lowest BCUT2D eigenvalue weighted by Crippen LogP contribution is -2.06. The van der Waals surface area contributed by atoms with Crippen LogP contribution in [0.25, 0.3) is 0 Å². The van der Waals surface area contributed by atoms with Crippen LogP contribution >= 0.6 is 27.5 Å². The summed E-state index contributed by atoms with van der Waals surface area (Å²) in [5.74, 6) is -0.661. The Kier molecular flexibility index (Phi) is 4.80. The van der Waals surface area contributed by atoms with Gasteiger partial charge in [-0.05, 0) is 42.8 Å². The molecule has 0 aliphatic rings. The van der Waals surface area contributed by atoms with Crippen molar-refractivity contribution < 1.29 is 14.3 Å². The third-order valence-electron chi connectivity index (χ3n) is 3.00. The first-order valence-corrected chi connectivity index (χ1v) is 7.30. The number of aryl methyl sites for hydroxylation is 1. The SMILES string of the molecule is COC(=O)c1ccc(C(=O)c2ccc(C)cc2Cl)c(Br)c1. The Morgan fingerprint density at radius 3 is 2.33 bits per heavy atom. The highest BCUT2D eigenvalue weighted by Crippen LogP contribution is 2.26. The molecule has 5 heteroatoms. The Bertz CT molecular complexity index is 725. The predicted molar refractivity (Wildman–Crippen MR) is 85.1 cm³/mol. The third kappa shape index (κ3) is 3.34. The van der Waals surface area contributed by atoms with Crippen LogP contribution in [0.1, 0.15) is 31.8 Å². The molecule has 2 aromatic rings. The maximum Gasteiger partial charge on any atom is 0.337 e. The van der Waals surface area contributed by atoms with E-state index in [4.69, 9.17) is 11.6 Å². The van der Waals surface area contributed by atoms with Gasteiger partial charge in [-0.25, -0.2) is 4.79 Å². The maximum atomic E-state index is 12.5. The highest BCUT2D eigenvalue weighted by molar-refractivity contribution is 9.10. The zero-order chi connectivity index (χ0) is 15.6. The van der Waals surface area contributed by atoms with Crippen LogP contribution in [0.4, 0.5) is 0 Å². The third-order valence-corrected chi connectivity index (χ3v) is 3.97. The predicted octanol–water partition coefficient (Wildman–Crippen LogP) is 4.43. The molecule has 0 radical (unpaired) electrons. The lowest BCUT2D eigenvalue weighted by molar-refractivity contribution is 0.0600. The summed E-state index contributed by atoms with van der Waals surface area (Å²) >= 11 is 9.43. The second-order valence-electron chi connectivity index (χ2n) is 4.50. The van der Waals surface area contributed by atoms with E-state index in [0.29, 0.717) is 26.2 Å². The van der Waals surface area contributed by atoms with Gasteiger partial charge in [0, 0.05) is 15.6 Å². The van der Waals surface area contributed by atoms with Crippen LogP contribution in [0.2, 0.25) is 5.02 Å². The molecule has 0 bridgehead atoms. The van der Waals surface area contributed by atoms with Crippen LogP contribution in [0.15, 0.2) is 40.9 Å². The molecule has 0 aliphatic carbocycles. The summed E-state index contributed by atoms with van der Waals surface area (Å²) in [6, 6.07) is 9.95. The smallest absolute Gasteiger partial charge is 0.337 e. The van der Waals surface area contributed by atoms with Gasteiger partial charge in [0.1, 0.15) is 0 Å². The largest absolute Gasteiger partial charge is 0.465 e. The summed E-state index contributed by atoms with van der Waals surface area (Å²) in [5, 5.41) is 0.406. The van der Waals surface area contributed by atoms with Gasteiger partial charge in [-0.3, -0.25) is 4.79 Å². The van der Waals surface area contributed by atoms with Crippen molar-refractivity contribution in [2.75, 3.05) is 7.11 Å². The molecule has 0 saturated heterocycles. The van der Waals surface area contributed by atoms with Crippen molar-refractivity contribution in [3.63, 3.8) is 0 Å². The van der Waals surface area contributed by atoms with E-state index in [0.717, 1.165) is 5.56 Å². The van der Waals surface area contributed by atoms with Gasteiger partial charge in [-0.15, -0.1) is 0 Å². The van der Waals surface area contributed by atoms with Gasteiger partial charge in [0.25, 0.3) is 0 Å². The van der Waals surface area contributed by atoms with Crippen LogP contribution in [-0.4, -0.2) is 18.9 Å². The average molecular weight is 368 g/mol. The summed E-state index contributed by atoms with van der Waals surface area (Å²) in [5.41, 5.74) is 2.22. The molecular formula is C16H12BrClO3. The van der Waals surface area contributed by atoms with Crippen LogP contribution in [0.5, 0.6) is 0 Å². The monoisotopic (exact) mass is 366 g/mol. The molecule has 0 saturated carbocycles. The van der Waals surface area contributed by atoms with E-state index in [1.54, 1.807) is 30.3 Å². The van der Waals surface area contributed by atoms with Crippen LogP contribution in [0, 0.1) is 6.92 Å². The molecule has 0 amide bonds. The van der Waals surface area contributed by atoms with Crippen LogP contribution < -0.4 is 0 Å². The standard InChI is InChI=1S/C16H12BrClO3/c1-9-3-5-12(14(18)7-9)15(19)11-6-4-10(8-13(11)17)16(20)21-2/h3-8H,1-2H3. The van der Waals surface area contributed by atoms with E-state index in [1.165, 1.54) is 7.11 Å². The van der Waals surface area contributed by atoms with Gasteiger partial charge in [0.15, 0.2) is 5.78 Å². The summed E-state index contributed by atoms with van der Waals surface area (Å²) in [4.78, 5) is 24.0. The molecule has 0 N–H and O–H groups in total. The second-order valence-corrected chi connectivity index (χ2v) is 5.76. The van der Waals surface area contributed by atoms with Gasteiger partial charge < -0.3 is 4.74 Å². The fraction of sp³-hybridized carbons (Fsp3) is 0.125. The lowest BCUT2D eigenvalue weighted by Gasteiger charge is -2.08. The Morgan fingerprint density at radius 1 is 1.10 bits per heavy atom. The molecule has 21 heavy (non-hydrogen) atoms. The van der Waals surface area contributed by atoms with Crippen LogP contribution in [-0.2, 0) is 4.74 Å². The molecule has 108 valence electrons. The zero-order valence-corrected chi connectivity index (χ0v) is 13.8. The number of carbonyl (C=O) groups is 2. The maximum absolute atomic E-state index is 12.5. The number of hydrogen-bond acceptors (Lipinski definition) is 3. The number of esters is 1. The molecule has 2 rings (SSSR count). The molecule has 0 spiro atoms. The summed E-state index contributed by atoms with van der Waals surface area (Å²) < 4.78 is 5.16. The number of hydrogen-bond donors (Lipinski definition) is 0. The van der Waals surface area contributed by atoms with Crippen molar-refractivity contribution in [1.29, 1.82) is 0 Å². The fourth-order valence-corrected chi connectivity index (χ4v) is 2.77. The van der Waals surface area contributed by atoms with Crippen molar-refractivity contribution in [2.24, 2.45) is 0 Å². The van der Waals surface area contributed by atoms with Crippen LogP contribution in [0.3, 0.4) is 0 Å². The summed E-state index contributed by atoms with van der Waals surface area (Å²) in [7, 11) is 1.31. The van der Waals surface area contributed by atoms with Gasteiger partial charge in [-0.2, -0.15) is 0 Å². The van der Waals surface area contributed by atoms with E-state index in [9.17, 15) is 9.59 Å². The molecule has 0 aliphatic heterocycles. The first kappa shape index (κ1) is 15.7. The molecule has 3 nitrogen and oxygen atoms in total. The molecule has 0 unspecified atom stereocenters. The Labute approximate surface area is 136 Å². The topological polar surface area (TPSA) is 43.4 Å². The summed E-state index contributed by atoms with van der Waals surface area (Å²) in [6.45, 7) is 1.90. The molecule has 2 aromatic carbocycles. The normalized spacial score (nSPS) is 10.3. The first-order valence-electron chi connectivity index (χ1n) is 6.12. The van der Waals surface area contributed by atoms with E-state index < -0.39 is 5.97 Å². The minimum Gasteiger partial charge on any atom is -0.465 e. The highest BCUT2D eigenvalue weighted by Gasteiger charge is 2.17. The molecule has 0 atom stereocenters. The van der Waals surface area contributed by atoms with Crippen molar-refractivity contribution in [3.8, 4) is 0 Å². The first-order chi connectivity index (χ1) is 9.93. The Morgan fingerprint density at radius 2 is 1.76 bits per heavy atom. The second kappa shape index (κ2) is 6.41. The molecule has 0 aromatic heterocycles. The average Bonchev–Trinajstić information content (AvgIpc) is 2.45. The van der Waals surface area contributed by atoms with Gasteiger partial charge >= 0.3 is 5.97 Å². The lowest BCUT2D eigenvalue weighted by atomic mass is 10.0. The minimum absolute atomic E-state index is 0.205. The van der Waals surface area contributed by atoms with E-state index in [-0.39, 0.29) is 5.78 Å². The molecule has 0 heterocycles. The minimum atomic E-state index is -0.455. The van der Waals surface area contributed by atoms with Crippen molar-refractivity contribution >= 4 is 39.3 Å².